The van der Waals surface area contributed by atoms with Crippen molar-refractivity contribution in [2.45, 2.75) is 26.3 Å². The van der Waals surface area contributed by atoms with Crippen LogP contribution in [0, 0.1) is 10.1 Å². The van der Waals surface area contributed by atoms with Crippen molar-refractivity contribution in [3.05, 3.63) is 28.3 Å². The highest BCUT2D eigenvalue weighted by molar-refractivity contribution is 5.77. The molecule has 1 heterocycles. The largest absolute Gasteiger partial charge is 0.424 e. The van der Waals surface area contributed by atoms with Crippen LogP contribution in [0.2, 0.25) is 0 Å². The Morgan fingerprint density at radius 1 is 1.59 bits per heavy atom. The first-order chi connectivity index (χ1) is 8.10. The van der Waals surface area contributed by atoms with E-state index in [1.807, 2.05) is 13.8 Å². The van der Waals surface area contributed by atoms with Gasteiger partial charge < -0.3 is 9.73 Å². The summed E-state index contributed by atoms with van der Waals surface area (Å²) in [4.78, 5) is 14.3. The maximum atomic E-state index is 10.6. The molecule has 1 atom stereocenters. The summed E-state index contributed by atoms with van der Waals surface area (Å²) in [6.07, 6.45) is 0.943. The molecule has 2 aromatic rings. The molecule has 0 fully saturated rings. The molecule has 0 amide bonds. The van der Waals surface area contributed by atoms with E-state index in [4.69, 9.17) is 4.42 Å². The van der Waals surface area contributed by atoms with Crippen LogP contribution in [-0.2, 0) is 0 Å². The summed E-state index contributed by atoms with van der Waals surface area (Å²) in [5, 5.41) is 13.7. The summed E-state index contributed by atoms with van der Waals surface area (Å²) in [5.41, 5.74) is 1.05. The Bertz CT molecular complexity index is 550. The van der Waals surface area contributed by atoms with Crippen molar-refractivity contribution in [3.8, 4) is 0 Å². The molecular formula is C11H13N3O3. The number of rotatable bonds is 4. The third-order valence-electron chi connectivity index (χ3n) is 2.56. The average Bonchev–Trinajstić information content (AvgIpc) is 2.69. The van der Waals surface area contributed by atoms with Crippen LogP contribution in [0.4, 0.5) is 11.7 Å². The van der Waals surface area contributed by atoms with Crippen LogP contribution < -0.4 is 5.32 Å². The number of oxazole rings is 1. The molecule has 0 saturated heterocycles. The highest BCUT2D eigenvalue weighted by atomic mass is 16.6. The van der Waals surface area contributed by atoms with Gasteiger partial charge in [-0.25, -0.2) is 0 Å². The van der Waals surface area contributed by atoms with E-state index >= 15 is 0 Å². The standard InChI is InChI=1S/C11H13N3O3/c1-3-7(2)12-11-13-9-6-8(14(15)16)4-5-10(9)17-11/h4-7H,3H2,1-2H3,(H,12,13). The second kappa shape index (κ2) is 4.40. The molecule has 0 bridgehead atoms. The number of nitrogens with one attached hydrogen (secondary N) is 1. The van der Waals surface area contributed by atoms with E-state index in [2.05, 4.69) is 10.3 Å². The van der Waals surface area contributed by atoms with E-state index in [1.54, 1.807) is 6.07 Å². The topological polar surface area (TPSA) is 81.2 Å². The number of nitro groups is 1. The van der Waals surface area contributed by atoms with Gasteiger partial charge >= 0.3 is 0 Å². The molecule has 1 aromatic carbocycles. The number of fused-ring (bicyclic) bond motifs is 1. The van der Waals surface area contributed by atoms with Crippen LogP contribution in [-0.4, -0.2) is 15.9 Å². The number of hydrogen-bond acceptors (Lipinski definition) is 5. The first-order valence-corrected chi connectivity index (χ1v) is 5.41. The van der Waals surface area contributed by atoms with Gasteiger partial charge in [0.1, 0.15) is 5.52 Å². The van der Waals surface area contributed by atoms with Gasteiger partial charge in [0.25, 0.3) is 11.7 Å². The van der Waals surface area contributed by atoms with Gasteiger partial charge in [0.05, 0.1) is 4.92 Å². The smallest absolute Gasteiger partial charge is 0.295 e. The summed E-state index contributed by atoms with van der Waals surface area (Å²) in [7, 11) is 0. The first-order valence-electron chi connectivity index (χ1n) is 5.41. The second-order valence-electron chi connectivity index (χ2n) is 3.88. The monoisotopic (exact) mass is 235 g/mol. The van der Waals surface area contributed by atoms with E-state index in [1.165, 1.54) is 12.1 Å². The van der Waals surface area contributed by atoms with E-state index in [0.29, 0.717) is 17.1 Å². The minimum absolute atomic E-state index is 0.0147. The molecule has 6 nitrogen and oxygen atoms in total. The SMILES string of the molecule is CCC(C)Nc1nc2cc([N+](=O)[O-])ccc2o1. The van der Waals surface area contributed by atoms with Crippen molar-refractivity contribution in [1.82, 2.24) is 4.98 Å². The molecule has 1 N–H and O–H groups in total. The van der Waals surface area contributed by atoms with Crippen LogP contribution in [0.15, 0.2) is 22.6 Å². The van der Waals surface area contributed by atoms with Gasteiger partial charge in [-0.15, -0.1) is 0 Å². The van der Waals surface area contributed by atoms with E-state index in [9.17, 15) is 10.1 Å². The van der Waals surface area contributed by atoms with Gasteiger partial charge in [0, 0.05) is 18.2 Å². The Kier molecular flexibility index (Phi) is 2.95. The number of non-ortho nitro benzene ring substituents is 1. The molecule has 1 aromatic heterocycles. The van der Waals surface area contributed by atoms with Crippen LogP contribution in [0.3, 0.4) is 0 Å². The van der Waals surface area contributed by atoms with E-state index in [-0.39, 0.29) is 11.7 Å². The van der Waals surface area contributed by atoms with Crippen LogP contribution >= 0.6 is 0 Å². The normalized spacial score (nSPS) is 12.6. The molecule has 0 aliphatic heterocycles. The summed E-state index contributed by atoms with van der Waals surface area (Å²) < 4.78 is 5.43. The minimum atomic E-state index is -0.449. The van der Waals surface area contributed by atoms with Crippen LogP contribution in [0.5, 0.6) is 0 Å². The van der Waals surface area contributed by atoms with Gasteiger partial charge in [-0.3, -0.25) is 10.1 Å². The molecule has 0 aliphatic rings. The molecular weight excluding hydrogens is 222 g/mol. The molecule has 0 aliphatic carbocycles. The number of benzene rings is 1. The molecule has 0 radical (unpaired) electrons. The van der Waals surface area contributed by atoms with Gasteiger partial charge in [-0.1, -0.05) is 6.92 Å². The average molecular weight is 235 g/mol. The fourth-order valence-corrected chi connectivity index (χ4v) is 1.40. The van der Waals surface area contributed by atoms with Crippen molar-refractivity contribution in [1.29, 1.82) is 0 Å². The lowest BCUT2D eigenvalue weighted by Gasteiger charge is -2.07. The van der Waals surface area contributed by atoms with Crippen molar-refractivity contribution >= 4 is 22.8 Å². The Morgan fingerprint density at radius 3 is 3.00 bits per heavy atom. The molecule has 17 heavy (non-hydrogen) atoms. The Morgan fingerprint density at radius 2 is 2.35 bits per heavy atom. The molecule has 1 unspecified atom stereocenters. The number of aromatic nitrogens is 1. The van der Waals surface area contributed by atoms with Crippen molar-refractivity contribution in [2.75, 3.05) is 5.32 Å². The zero-order valence-electron chi connectivity index (χ0n) is 9.64. The molecule has 0 saturated carbocycles. The molecule has 90 valence electrons. The van der Waals surface area contributed by atoms with Gasteiger partial charge in [-0.2, -0.15) is 4.98 Å². The van der Waals surface area contributed by atoms with Crippen molar-refractivity contribution in [3.63, 3.8) is 0 Å². The summed E-state index contributed by atoms with van der Waals surface area (Å²) >= 11 is 0. The Labute approximate surface area is 97.8 Å². The number of nitro benzene ring substituents is 1. The maximum absolute atomic E-state index is 10.6. The lowest BCUT2D eigenvalue weighted by molar-refractivity contribution is -0.384. The highest BCUT2D eigenvalue weighted by Crippen LogP contribution is 2.23. The predicted octanol–water partition coefficient (Wildman–Crippen LogP) is 2.95. The molecule has 6 heteroatoms. The van der Waals surface area contributed by atoms with E-state index in [0.717, 1.165) is 6.42 Å². The predicted molar refractivity (Wildman–Crippen MR) is 64.0 cm³/mol. The maximum Gasteiger partial charge on any atom is 0.295 e. The zero-order chi connectivity index (χ0) is 12.4. The number of anilines is 1. The Balaban J connectivity index is 2.33. The first kappa shape index (κ1) is 11.4. The molecule has 2 rings (SSSR count). The fraction of sp³-hybridized carbons (Fsp3) is 0.364. The summed E-state index contributed by atoms with van der Waals surface area (Å²) in [6, 6.07) is 5.01. The fourth-order valence-electron chi connectivity index (χ4n) is 1.40. The summed E-state index contributed by atoms with van der Waals surface area (Å²) in [5.74, 6) is 0. The van der Waals surface area contributed by atoms with Gasteiger partial charge in [0.2, 0.25) is 0 Å². The highest BCUT2D eigenvalue weighted by Gasteiger charge is 2.12. The van der Waals surface area contributed by atoms with Gasteiger partial charge in [0.15, 0.2) is 5.58 Å². The quantitative estimate of drug-likeness (QED) is 0.650. The lowest BCUT2D eigenvalue weighted by Crippen LogP contribution is -2.13. The third kappa shape index (κ3) is 2.35. The second-order valence-corrected chi connectivity index (χ2v) is 3.88. The number of hydrogen-bond donors (Lipinski definition) is 1. The van der Waals surface area contributed by atoms with Crippen molar-refractivity contribution < 1.29 is 9.34 Å². The Hall–Kier alpha value is -2.11. The van der Waals surface area contributed by atoms with Crippen LogP contribution in [0.25, 0.3) is 11.1 Å². The number of nitrogens with zero attached hydrogens (tertiary/aromatic N) is 2. The van der Waals surface area contributed by atoms with Gasteiger partial charge in [-0.05, 0) is 19.4 Å². The lowest BCUT2D eigenvalue weighted by atomic mass is 10.3. The minimum Gasteiger partial charge on any atom is -0.424 e. The zero-order valence-corrected chi connectivity index (χ0v) is 9.64. The third-order valence-corrected chi connectivity index (χ3v) is 2.56. The summed E-state index contributed by atoms with van der Waals surface area (Å²) in [6.45, 7) is 4.06. The molecule has 0 spiro atoms. The van der Waals surface area contributed by atoms with E-state index < -0.39 is 4.92 Å². The van der Waals surface area contributed by atoms with Crippen LogP contribution in [0.1, 0.15) is 20.3 Å². The van der Waals surface area contributed by atoms with Crippen molar-refractivity contribution in [2.24, 2.45) is 0 Å².